The summed E-state index contributed by atoms with van der Waals surface area (Å²) >= 11 is 7.99. The number of fused-ring (bicyclic) bond motifs is 2. The van der Waals surface area contributed by atoms with Crippen molar-refractivity contribution in [1.29, 1.82) is 0 Å². The lowest BCUT2D eigenvalue weighted by atomic mass is 9.85. The second kappa shape index (κ2) is 11.5. The number of carbonyl (C=O) groups is 1. The number of carboxylic acids is 1. The van der Waals surface area contributed by atoms with Crippen molar-refractivity contribution in [3.8, 4) is 17.0 Å². The van der Waals surface area contributed by atoms with Gasteiger partial charge in [0, 0.05) is 48.7 Å². The molecule has 0 spiro atoms. The summed E-state index contributed by atoms with van der Waals surface area (Å²) in [7, 11) is 0. The monoisotopic (exact) mass is 567 g/mol. The van der Waals surface area contributed by atoms with Gasteiger partial charge in [-0.05, 0) is 66.5 Å². The van der Waals surface area contributed by atoms with E-state index in [1.807, 2.05) is 23.6 Å². The van der Waals surface area contributed by atoms with Crippen LogP contribution in [0.5, 0.6) is 5.75 Å². The first-order valence-corrected chi connectivity index (χ1v) is 14.9. The standard InChI is InChI=1S/C30H34ClN3O4S/c1-19-12-20(14-33-8-10-37-11-9-33)2-3-23(19)17-38-27-7-6-24(31)13-25(27)26-18-39-30(32-26)34-15-21-4-5-22(16-34)28(21)29(35)36/h2-3,6-7,12-13,18,21-22,28H,4-5,8-11,14-17H2,1H3,(H,35,36). The van der Waals surface area contributed by atoms with Crippen molar-refractivity contribution < 1.29 is 19.4 Å². The van der Waals surface area contributed by atoms with Gasteiger partial charge in [0.2, 0.25) is 0 Å². The molecule has 2 aromatic carbocycles. The van der Waals surface area contributed by atoms with E-state index in [9.17, 15) is 9.90 Å². The molecule has 2 aliphatic heterocycles. The van der Waals surface area contributed by atoms with Gasteiger partial charge in [0.25, 0.3) is 0 Å². The number of morpholine rings is 1. The van der Waals surface area contributed by atoms with E-state index in [1.165, 1.54) is 11.1 Å². The molecule has 2 atom stereocenters. The lowest BCUT2D eigenvalue weighted by Gasteiger charge is -2.35. The number of aliphatic carboxylic acids is 1. The van der Waals surface area contributed by atoms with E-state index >= 15 is 0 Å². The van der Waals surface area contributed by atoms with Crippen LogP contribution in [-0.2, 0) is 22.7 Å². The van der Waals surface area contributed by atoms with Crippen LogP contribution in [0.25, 0.3) is 11.3 Å². The van der Waals surface area contributed by atoms with Crippen LogP contribution in [0.2, 0.25) is 5.02 Å². The number of piperidine rings is 1. The van der Waals surface area contributed by atoms with Crippen LogP contribution >= 0.6 is 22.9 Å². The Labute approximate surface area is 238 Å². The van der Waals surface area contributed by atoms with Crippen LogP contribution in [0.4, 0.5) is 5.13 Å². The average Bonchev–Trinajstić information content (AvgIpc) is 3.52. The Balaban J connectivity index is 1.15. The molecule has 2 bridgehead atoms. The van der Waals surface area contributed by atoms with Crippen LogP contribution in [0.3, 0.4) is 0 Å². The Morgan fingerprint density at radius 3 is 2.64 bits per heavy atom. The van der Waals surface area contributed by atoms with Gasteiger partial charge in [-0.3, -0.25) is 9.69 Å². The number of aryl methyl sites for hydroxylation is 1. The summed E-state index contributed by atoms with van der Waals surface area (Å²) in [5, 5.41) is 13.3. The summed E-state index contributed by atoms with van der Waals surface area (Å²) in [6, 6.07) is 12.3. The van der Waals surface area contributed by atoms with Crippen LogP contribution in [0.1, 0.15) is 29.5 Å². The van der Waals surface area contributed by atoms with Crippen LogP contribution in [-0.4, -0.2) is 60.4 Å². The van der Waals surface area contributed by atoms with E-state index in [0.717, 1.165) is 86.5 Å². The molecule has 1 aromatic heterocycles. The van der Waals surface area contributed by atoms with Gasteiger partial charge in [-0.1, -0.05) is 29.8 Å². The third kappa shape index (κ3) is 5.80. The SMILES string of the molecule is Cc1cc(CN2CCOCC2)ccc1COc1ccc(Cl)cc1-c1csc(N2CC3CCC(C2)C3C(=O)O)n1. The van der Waals surface area contributed by atoms with Crippen molar-refractivity contribution in [2.24, 2.45) is 17.8 Å². The Morgan fingerprint density at radius 2 is 1.92 bits per heavy atom. The number of hydrogen-bond acceptors (Lipinski definition) is 7. The normalized spacial score (nSPS) is 23.2. The number of aromatic nitrogens is 1. The minimum Gasteiger partial charge on any atom is -0.488 e. The molecule has 6 rings (SSSR count). The molecule has 7 nitrogen and oxygen atoms in total. The molecule has 0 radical (unpaired) electrons. The third-order valence-electron chi connectivity index (χ3n) is 8.40. The van der Waals surface area contributed by atoms with E-state index < -0.39 is 5.97 Å². The number of anilines is 1. The van der Waals surface area contributed by atoms with Crippen LogP contribution in [0, 0.1) is 24.7 Å². The molecular formula is C30H34ClN3O4S. The highest BCUT2D eigenvalue weighted by Crippen LogP contribution is 2.44. The van der Waals surface area contributed by atoms with Gasteiger partial charge in [0.15, 0.2) is 5.13 Å². The van der Waals surface area contributed by atoms with Gasteiger partial charge in [-0.2, -0.15) is 0 Å². The molecule has 206 valence electrons. The molecule has 1 aliphatic carbocycles. The Hall–Kier alpha value is -2.65. The number of hydrogen-bond donors (Lipinski definition) is 1. The number of thiazole rings is 1. The molecule has 3 fully saturated rings. The van der Waals surface area contributed by atoms with Crippen molar-refractivity contribution in [3.63, 3.8) is 0 Å². The summed E-state index contributed by atoms with van der Waals surface area (Å²) in [6.07, 6.45) is 1.96. The molecule has 1 N–H and O–H groups in total. The summed E-state index contributed by atoms with van der Waals surface area (Å²) in [5.74, 6) is 0.275. The highest BCUT2D eigenvalue weighted by atomic mass is 35.5. The second-order valence-corrected chi connectivity index (χ2v) is 12.2. The highest BCUT2D eigenvalue weighted by molar-refractivity contribution is 7.14. The summed E-state index contributed by atoms with van der Waals surface area (Å²) in [4.78, 5) is 21.4. The molecule has 3 aromatic rings. The number of halogens is 1. The summed E-state index contributed by atoms with van der Waals surface area (Å²) < 4.78 is 11.8. The van der Waals surface area contributed by atoms with Gasteiger partial charge in [0.1, 0.15) is 12.4 Å². The van der Waals surface area contributed by atoms with Crippen molar-refractivity contribution in [2.75, 3.05) is 44.3 Å². The topological polar surface area (TPSA) is 75.1 Å². The largest absolute Gasteiger partial charge is 0.488 e. The molecular weight excluding hydrogens is 534 g/mol. The smallest absolute Gasteiger partial charge is 0.307 e. The maximum Gasteiger partial charge on any atom is 0.307 e. The molecule has 1 saturated carbocycles. The third-order valence-corrected chi connectivity index (χ3v) is 9.54. The van der Waals surface area contributed by atoms with Crippen molar-refractivity contribution in [3.05, 3.63) is 63.5 Å². The van der Waals surface area contributed by atoms with Gasteiger partial charge < -0.3 is 19.5 Å². The maximum atomic E-state index is 11.7. The lowest BCUT2D eigenvalue weighted by Crippen LogP contribution is -2.44. The second-order valence-electron chi connectivity index (χ2n) is 11.0. The molecule has 0 amide bonds. The van der Waals surface area contributed by atoms with E-state index in [-0.39, 0.29) is 17.8 Å². The number of ether oxygens (including phenoxy) is 2. The fraction of sp³-hybridized carbons (Fsp3) is 0.467. The van der Waals surface area contributed by atoms with E-state index in [0.29, 0.717) is 11.6 Å². The number of benzene rings is 2. The molecule has 3 heterocycles. The minimum absolute atomic E-state index is 0.196. The molecule has 39 heavy (non-hydrogen) atoms. The minimum atomic E-state index is -0.648. The fourth-order valence-electron chi connectivity index (χ4n) is 6.33. The Bertz CT molecular complexity index is 1330. The molecule has 3 aliphatic rings. The van der Waals surface area contributed by atoms with Crippen LogP contribution < -0.4 is 9.64 Å². The highest BCUT2D eigenvalue weighted by Gasteiger charge is 2.46. The predicted molar refractivity (Wildman–Crippen MR) is 154 cm³/mol. The van der Waals surface area contributed by atoms with Gasteiger partial charge in [-0.25, -0.2) is 4.98 Å². The predicted octanol–water partition coefficient (Wildman–Crippen LogP) is 5.73. The first-order valence-electron chi connectivity index (χ1n) is 13.7. The quantitative estimate of drug-likeness (QED) is 0.372. The maximum absolute atomic E-state index is 11.7. The van der Waals surface area contributed by atoms with Crippen molar-refractivity contribution >= 4 is 34.0 Å². The molecule has 9 heteroatoms. The summed E-state index contributed by atoms with van der Waals surface area (Å²) in [6.45, 7) is 8.60. The van der Waals surface area contributed by atoms with Crippen molar-refractivity contribution in [1.82, 2.24) is 9.88 Å². The molecule has 2 unspecified atom stereocenters. The first-order chi connectivity index (χ1) is 18.9. The fourth-order valence-corrected chi connectivity index (χ4v) is 7.35. The Kier molecular flexibility index (Phi) is 7.80. The van der Waals surface area contributed by atoms with Gasteiger partial charge in [0.05, 0.1) is 24.8 Å². The zero-order chi connectivity index (χ0) is 26.9. The van der Waals surface area contributed by atoms with Crippen molar-refractivity contribution in [2.45, 2.75) is 32.9 Å². The lowest BCUT2D eigenvalue weighted by molar-refractivity contribution is -0.144. The molecule has 2 saturated heterocycles. The number of rotatable bonds is 8. The van der Waals surface area contributed by atoms with E-state index in [1.54, 1.807) is 11.3 Å². The number of nitrogens with zero attached hydrogens (tertiary/aromatic N) is 3. The van der Waals surface area contributed by atoms with Gasteiger partial charge >= 0.3 is 5.97 Å². The Morgan fingerprint density at radius 1 is 1.15 bits per heavy atom. The zero-order valence-electron chi connectivity index (χ0n) is 22.1. The zero-order valence-corrected chi connectivity index (χ0v) is 23.7. The van der Waals surface area contributed by atoms with E-state index in [2.05, 4.69) is 34.9 Å². The van der Waals surface area contributed by atoms with Gasteiger partial charge in [-0.15, -0.1) is 11.3 Å². The van der Waals surface area contributed by atoms with E-state index in [4.69, 9.17) is 26.1 Å². The summed E-state index contributed by atoms with van der Waals surface area (Å²) in [5.41, 5.74) is 5.37. The average molecular weight is 568 g/mol. The van der Waals surface area contributed by atoms with Crippen LogP contribution in [0.15, 0.2) is 41.8 Å². The first kappa shape index (κ1) is 26.6. The number of carboxylic acid groups (broad SMARTS) is 1.